The van der Waals surface area contributed by atoms with Crippen molar-refractivity contribution in [3.05, 3.63) is 5.69 Å². The predicted molar refractivity (Wildman–Crippen MR) is 59.9 cm³/mol. The molecule has 0 spiro atoms. The van der Waals surface area contributed by atoms with Crippen LogP contribution >= 0.6 is 15.9 Å². The van der Waals surface area contributed by atoms with Crippen molar-refractivity contribution < 1.29 is 9.42 Å². The van der Waals surface area contributed by atoms with E-state index in [2.05, 4.69) is 36.2 Å². The number of alkyl halides is 1. The van der Waals surface area contributed by atoms with Crippen LogP contribution < -0.4 is 5.32 Å². The summed E-state index contributed by atoms with van der Waals surface area (Å²) in [5.41, 5.74) is 0.659. The van der Waals surface area contributed by atoms with Gasteiger partial charge in [0.1, 0.15) is 5.69 Å². The van der Waals surface area contributed by atoms with E-state index in [1.165, 1.54) is 0 Å². The molecule has 1 aromatic heterocycles. The molecule has 0 fully saturated rings. The monoisotopic (exact) mass is 275 g/mol. The Morgan fingerprint density at radius 1 is 1.53 bits per heavy atom. The highest BCUT2D eigenvalue weighted by Crippen LogP contribution is 2.16. The highest BCUT2D eigenvalue weighted by Gasteiger charge is 2.21. The average Bonchev–Trinajstić information content (AvgIpc) is 2.63. The third-order valence-electron chi connectivity index (χ3n) is 1.97. The first kappa shape index (κ1) is 12.2. The number of aryl methyl sites for hydroxylation is 1. The van der Waals surface area contributed by atoms with Gasteiger partial charge >= 0.3 is 0 Å². The molecule has 0 saturated heterocycles. The highest BCUT2D eigenvalue weighted by atomic mass is 79.9. The number of anilines is 1. The largest absolute Gasteiger partial charge is 0.305 e. The number of nitrogens with one attached hydrogen (secondary N) is 1. The Kier molecular flexibility index (Phi) is 4.26. The molecule has 0 aliphatic carbocycles. The number of carbonyl (C=O) groups is 1. The van der Waals surface area contributed by atoms with Crippen LogP contribution in [0.25, 0.3) is 0 Å². The summed E-state index contributed by atoms with van der Waals surface area (Å²) in [6.45, 7) is 5.84. The molecule has 0 aliphatic rings. The molecule has 1 rings (SSSR count). The second-order valence-electron chi connectivity index (χ2n) is 3.55. The maximum atomic E-state index is 11.7. The molecule has 0 bridgehead atoms. The van der Waals surface area contributed by atoms with Crippen LogP contribution in [-0.4, -0.2) is 21.0 Å². The van der Waals surface area contributed by atoms with Crippen molar-refractivity contribution in [2.24, 2.45) is 5.92 Å². The van der Waals surface area contributed by atoms with E-state index in [9.17, 15) is 4.79 Å². The van der Waals surface area contributed by atoms with E-state index in [-0.39, 0.29) is 16.7 Å². The smallest absolute Gasteiger partial charge is 0.239 e. The van der Waals surface area contributed by atoms with Crippen LogP contribution in [-0.2, 0) is 11.2 Å². The van der Waals surface area contributed by atoms with Crippen LogP contribution in [0.4, 0.5) is 5.82 Å². The van der Waals surface area contributed by atoms with E-state index in [0.29, 0.717) is 17.9 Å². The number of hydrogen-bond donors (Lipinski definition) is 1. The summed E-state index contributed by atoms with van der Waals surface area (Å²) in [6.07, 6.45) is 0.674. The predicted octanol–water partition coefficient (Wildman–Crippen LogP) is 1.99. The Labute approximate surface area is 96.7 Å². The van der Waals surface area contributed by atoms with E-state index >= 15 is 0 Å². The minimum absolute atomic E-state index is 0.129. The number of hydrogen-bond acceptors (Lipinski definition) is 4. The Morgan fingerprint density at radius 2 is 2.20 bits per heavy atom. The van der Waals surface area contributed by atoms with Gasteiger partial charge in [0.2, 0.25) is 11.7 Å². The van der Waals surface area contributed by atoms with Gasteiger partial charge in [-0.1, -0.05) is 41.9 Å². The van der Waals surface area contributed by atoms with Gasteiger partial charge in [0.15, 0.2) is 0 Å². The lowest BCUT2D eigenvalue weighted by molar-refractivity contribution is -0.116. The molecule has 1 N–H and O–H groups in total. The van der Waals surface area contributed by atoms with Crippen LogP contribution in [0, 0.1) is 5.92 Å². The lowest BCUT2D eigenvalue weighted by Crippen LogP contribution is -2.27. The first-order valence-electron chi connectivity index (χ1n) is 4.82. The first-order valence-corrected chi connectivity index (χ1v) is 5.74. The van der Waals surface area contributed by atoms with Gasteiger partial charge in [0.05, 0.1) is 4.83 Å². The molecule has 0 aliphatic heterocycles. The van der Waals surface area contributed by atoms with Gasteiger partial charge in [-0.2, -0.15) is 0 Å². The van der Waals surface area contributed by atoms with Gasteiger partial charge in [-0.05, 0) is 17.5 Å². The summed E-state index contributed by atoms with van der Waals surface area (Å²) in [4.78, 5) is 11.4. The SMILES string of the molecule is CCc1nonc1NC(=O)C(Br)C(C)C. The summed E-state index contributed by atoms with van der Waals surface area (Å²) in [7, 11) is 0. The minimum Gasteiger partial charge on any atom is -0.305 e. The van der Waals surface area contributed by atoms with E-state index in [4.69, 9.17) is 0 Å². The molecule has 15 heavy (non-hydrogen) atoms. The van der Waals surface area contributed by atoms with Crippen molar-refractivity contribution in [3.63, 3.8) is 0 Å². The third kappa shape index (κ3) is 3.02. The number of nitrogens with zero attached hydrogens (tertiary/aromatic N) is 2. The number of aromatic nitrogens is 2. The Hall–Kier alpha value is -0.910. The molecular weight excluding hydrogens is 262 g/mol. The van der Waals surface area contributed by atoms with Gasteiger partial charge in [0.25, 0.3) is 0 Å². The van der Waals surface area contributed by atoms with Crippen LogP contribution in [0.1, 0.15) is 26.5 Å². The third-order valence-corrected chi connectivity index (χ3v) is 3.44. The van der Waals surface area contributed by atoms with Gasteiger partial charge in [0, 0.05) is 0 Å². The van der Waals surface area contributed by atoms with Crippen molar-refractivity contribution in [2.75, 3.05) is 5.32 Å². The highest BCUT2D eigenvalue weighted by molar-refractivity contribution is 9.10. The standard InChI is InChI=1S/C9H14BrN3O2/c1-4-6-8(13-15-12-6)11-9(14)7(10)5(2)3/h5,7H,4H2,1-3H3,(H,11,13,14). The Bertz CT molecular complexity index is 338. The van der Waals surface area contributed by atoms with Crippen LogP contribution in [0.3, 0.4) is 0 Å². The number of rotatable bonds is 4. The van der Waals surface area contributed by atoms with Crippen LogP contribution in [0.2, 0.25) is 0 Å². The zero-order chi connectivity index (χ0) is 11.4. The van der Waals surface area contributed by atoms with Gasteiger partial charge in [-0.3, -0.25) is 4.79 Å². The second-order valence-corrected chi connectivity index (χ2v) is 4.53. The lowest BCUT2D eigenvalue weighted by Gasteiger charge is -2.12. The number of halogens is 1. The fourth-order valence-electron chi connectivity index (χ4n) is 1.02. The lowest BCUT2D eigenvalue weighted by atomic mass is 10.1. The zero-order valence-electron chi connectivity index (χ0n) is 8.95. The first-order chi connectivity index (χ1) is 7.06. The Morgan fingerprint density at radius 3 is 2.73 bits per heavy atom. The van der Waals surface area contributed by atoms with Crippen molar-refractivity contribution in [3.8, 4) is 0 Å². The topological polar surface area (TPSA) is 68.0 Å². The molecule has 0 saturated carbocycles. The van der Waals surface area contributed by atoms with Gasteiger partial charge in [-0.15, -0.1) is 0 Å². The van der Waals surface area contributed by atoms with Gasteiger partial charge in [-0.25, -0.2) is 4.63 Å². The maximum absolute atomic E-state index is 11.7. The normalized spacial score (nSPS) is 12.9. The molecule has 84 valence electrons. The molecule has 0 aromatic carbocycles. The van der Waals surface area contributed by atoms with Crippen molar-refractivity contribution in [2.45, 2.75) is 32.0 Å². The summed E-state index contributed by atoms with van der Waals surface area (Å²) < 4.78 is 4.55. The van der Waals surface area contributed by atoms with Crippen molar-refractivity contribution >= 4 is 27.7 Å². The molecule has 1 heterocycles. The van der Waals surface area contributed by atoms with E-state index < -0.39 is 0 Å². The Balaban J connectivity index is 2.66. The molecule has 1 unspecified atom stereocenters. The van der Waals surface area contributed by atoms with E-state index in [1.54, 1.807) is 0 Å². The molecule has 0 radical (unpaired) electrons. The fraction of sp³-hybridized carbons (Fsp3) is 0.667. The van der Waals surface area contributed by atoms with Crippen molar-refractivity contribution in [1.82, 2.24) is 10.3 Å². The van der Waals surface area contributed by atoms with E-state index in [1.807, 2.05) is 20.8 Å². The van der Waals surface area contributed by atoms with E-state index in [0.717, 1.165) is 0 Å². The minimum atomic E-state index is -0.237. The number of amides is 1. The fourth-order valence-corrected chi connectivity index (χ4v) is 1.14. The summed E-state index contributed by atoms with van der Waals surface area (Å²) in [5.74, 6) is 0.498. The second kappa shape index (κ2) is 5.25. The van der Waals surface area contributed by atoms with Crippen LogP contribution in [0.5, 0.6) is 0 Å². The quantitative estimate of drug-likeness (QED) is 0.854. The van der Waals surface area contributed by atoms with Crippen molar-refractivity contribution in [1.29, 1.82) is 0 Å². The molecule has 1 aromatic rings. The molecule has 5 nitrogen and oxygen atoms in total. The van der Waals surface area contributed by atoms with Crippen LogP contribution in [0.15, 0.2) is 4.63 Å². The molecule has 6 heteroatoms. The van der Waals surface area contributed by atoms with Gasteiger partial charge < -0.3 is 5.32 Å². The maximum Gasteiger partial charge on any atom is 0.239 e. The molecule has 1 atom stereocenters. The molecule has 1 amide bonds. The number of carbonyl (C=O) groups excluding carboxylic acids is 1. The average molecular weight is 276 g/mol. The molecular formula is C9H14BrN3O2. The summed E-state index contributed by atoms with van der Waals surface area (Å²) in [6, 6.07) is 0. The zero-order valence-corrected chi connectivity index (χ0v) is 10.5. The summed E-state index contributed by atoms with van der Waals surface area (Å²) >= 11 is 3.31. The summed E-state index contributed by atoms with van der Waals surface area (Å²) in [5, 5.41) is 9.98.